The molecule has 4 rings (SSSR count). The minimum absolute atomic E-state index is 0.186. The lowest BCUT2D eigenvalue weighted by atomic mass is 9.72. The Bertz CT molecular complexity index is 844. The van der Waals surface area contributed by atoms with Crippen LogP contribution in [-0.4, -0.2) is 54.6 Å². The number of carbonyl (C=O) groups is 3. The fourth-order valence-corrected chi connectivity index (χ4v) is 4.72. The first kappa shape index (κ1) is 20.7. The van der Waals surface area contributed by atoms with Crippen LogP contribution in [-0.2, 0) is 14.3 Å². The Morgan fingerprint density at radius 1 is 1.17 bits per heavy atom. The summed E-state index contributed by atoms with van der Waals surface area (Å²) in [4.78, 5) is 40.0. The molecule has 1 atom stereocenters. The highest BCUT2D eigenvalue weighted by Gasteiger charge is 2.47. The van der Waals surface area contributed by atoms with Crippen LogP contribution >= 0.6 is 0 Å². The SMILES string of the molecule is CC(C)(C)OC(=O)N1CC2(CCN(c3cccc(C4CCC(=O)NC4=O)c3)CC2)C1. The summed E-state index contributed by atoms with van der Waals surface area (Å²) < 4.78 is 5.48. The van der Waals surface area contributed by atoms with Crippen molar-refractivity contribution in [3.05, 3.63) is 29.8 Å². The summed E-state index contributed by atoms with van der Waals surface area (Å²) in [5.74, 6) is -0.639. The third kappa shape index (κ3) is 4.30. The van der Waals surface area contributed by atoms with E-state index in [2.05, 4.69) is 22.3 Å². The Kier molecular flexibility index (Phi) is 5.24. The zero-order valence-corrected chi connectivity index (χ0v) is 18.1. The molecule has 1 spiro atoms. The minimum Gasteiger partial charge on any atom is -0.444 e. The molecule has 0 radical (unpaired) electrons. The molecular weight excluding hydrogens is 382 g/mol. The number of carbonyl (C=O) groups excluding carboxylic acids is 3. The molecule has 7 heteroatoms. The van der Waals surface area contributed by atoms with Gasteiger partial charge in [-0.15, -0.1) is 0 Å². The normalized spacial score (nSPS) is 23.8. The van der Waals surface area contributed by atoms with Gasteiger partial charge in [-0.25, -0.2) is 4.79 Å². The van der Waals surface area contributed by atoms with Crippen molar-refractivity contribution in [2.75, 3.05) is 31.1 Å². The van der Waals surface area contributed by atoms with Gasteiger partial charge in [-0.1, -0.05) is 12.1 Å². The van der Waals surface area contributed by atoms with Crippen molar-refractivity contribution < 1.29 is 19.1 Å². The largest absolute Gasteiger partial charge is 0.444 e. The van der Waals surface area contributed by atoms with E-state index >= 15 is 0 Å². The van der Waals surface area contributed by atoms with Crippen molar-refractivity contribution in [3.63, 3.8) is 0 Å². The fourth-order valence-electron chi connectivity index (χ4n) is 4.72. The lowest BCUT2D eigenvalue weighted by Crippen LogP contribution is -2.62. The Balaban J connectivity index is 1.34. The summed E-state index contributed by atoms with van der Waals surface area (Å²) in [6.45, 7) is 9.08. The van der Waals surface area contributed by atoms with Crippen LogP contribution in [0.2, 0.25) is 0 Å². The minimum atomic E-state index is -0.462. The molecule has 0 saturated carbocycles. The molecule has 3 heterocycles. The van der Waals surface area contributed by atoms with E-state index < -0.39 is 5.60 Å². The topological polar surface area (TPSA) is 79.0 Å². The molecule has 0 aliphatic carbocycles. The molecule has 0 aromatic heterocycles. The number of hydrogen-bond acceptors (Lipinski definition) is 5. The lowest BCUT2D eigenvalue weighted by molar-refractivity contribution is -0.134. The number of rotatable bonds is 2. The molecular formula is C23H31N3O4. The fraction of sp³-hybridized carbons (Fsp3) is 0.609. The van der Waals surface area contributed by atoms with E-state index in [1.807, 2.05) is 37.8 Å². The van der Waals surface area contributed by atoms with Gasteiger partial charge in [0.25, 0.3) is 0 Å². The number of likely N-dealkylation sites (tertiary alicyclic amines) is 1. The average molecular weight is 414 g/mol. The number of benzene rings is 1. The van der Waals surface area contributed by atoms with Crippen LogP contribution in [0.3, 0.4) is 0 Å². The number of amides is 3. The standard InChI is InChI=1S/C23H31N3O4/c1-22(2,3)30-21(29)26-14-23(15-26)9-11-25(12-10-23)17-6-4-5-16(13-17)18-7-8-19(27)24-20(18)28/h4-6,13,18H,7-12,14-15H2,1-3H3,(H,24,27,28). The second-order valence-electron chi connectivity index (χ2n) is 9.92. The summed E-state index contributed by atoms with van der Waals surface area (Å²) in [6, 6.07) is 8.14. The van der Waals surface area contributed by atoms with Crippen LogP contribution in [0.5, 0.6) is 0 Å². The van der Waals surface area contributed by atoms with E-state index in [1.54, 1.807) is 0 Å². The molecule has 1 N–H and O–H groups in total. The number of nitrogens with one attached hydrogen (secondary N) is 1. The number of ether oxygens (including phenoxy) is 1. The van der Waals surface area contributed by atoms with Crippen molar-refractivity contribution in [3.8, 4) is 0 Å². The zero-order valence-electron chi connectivity index (χ0n) is 18.1. The van der Waals surface area contributed by atoms with Crippen LogP contribution in [0.4, 0.5) is 10.5 Å². The van der Waals surface area contributed by atoms with E-state index in [4.69, 9.17) is 4.74 Å². The van der Waals surface area contributed by atoms with Gasteiger partial charge in [0.2, 0.25) is 11.8 Å². The maximum absolute atomic E-state index is 12.2. The van der Waals surface area contributed by atoms with Crippen molar-refractivity contribution >= 4 is 23.6 Å². The third-order valence-electron chi connectivity index (χ3n) is 6.41. The van der Waals surface area contributed by atoms with Gasteiger partial charge in [-0.3, -0.25) is 14.9 Å². The highest BCUT2D eigenvalue weighted by molar-refractivity contribution is 6.01. The van der Waals surface area contributed by atoms with Gasteiger partial charge < -0.3 is 14.5 Å². The van der Waals surface area contributed by atoms with E-state index in [0.717, 1.165) is 50.3 Å². The van der Waals surface area contributed by atoms with E-state index in [0.29, 0.717) is 12.8 Å². The predicted octanol–water partition coefficient (Wildman–Crippen LogP) is 3.04. The van der Waals surface area contributed by atoms with Crippen molar-refractivity contribution in [1.29, 1.82) is 0 Å². The molecule has 0 bridgehead atoms. The van der Waals surface area contributed by atoms with Gasteiger partial charge in [0, 0.05) is 43.7 Å². The summed E-state index contributed by atoms with van der Waals surface area (Å²) >= 11 is 0. The number of anilines is 1. The Hall–Kier alpha value is -2.57. The molecule has 1 aromatic carbocycles. The quantitative estimate of drug-likeness (QED) is 0.754. The second-order valence-corrected chi connectivity index (χ2v) is 9.92. The Labute approximate surface area is 177 Å². The maximum Gasteiger partial charge on any atom is 0.410 e. The molecule has 162 valence electrons. The van der Waals surface area contributed by atoms with E-state index in [-0.39, 0.29) is 29.2 Å². The summed E-state index contributed by atoms with van der Waals surface area (Å²) in [6.07, 6.45) is 2.82. The van der Waals surface area contributed by atoms with Gasteiger partial charge in [0.15, 0.2) is 0 Å². The summed E-state index contributed by atoms with van der Waals surface area (Å²) in [7, 11) is 0. The van der Waals surface area contributed by atoms with E-state index in [9.17, 15) is 14.4 Å². The first-order valence-electron chi connectivity index (χ1n) is 10.8. The van der Waals surface area contributed by atoms with Crippen molar-refractivity contribution in [2.45, 2.75) is 58.0 Å². The Morgan fingerprint density at radius 2 is 1.87 bits per heavy atom. The second kappa shape index (κ2) is 7.60. The number of imide groups is 1. The predicted molar refractivity (Wildman–Crippen MR) is 113 cm³/mol. The first-order chi connectivity index (χ1) is 14.1. The number of nitrogens with zero attached hydrogens (tertiary/aromatic N) is 2. The van der Waals surface area contributed by atoms with Gasteiger partial charge in [0.05, 0.1) is 5.92 Å². The smallest absolute Gasteiger partial charge is 0.410 e. The lowest BCUT2D eigenvalue weighted by Gasteiger charge is -2.54. The molecule has 1 unspecified atom stereocenters. The molecule has 1 aromatic rings. The molecule has 30 heavy (non-hydrogen) atoms. The van der Waals surface area contributed by atoms with Gasteiger partial charge >= 0.3 is 6.09 Å². The van der Waals surface area contributed by atoms with Crippen LogP contribution in [0.25, 0.3) is 0 Å². The number of hydrogen-bond donors (Lipinski definition) is 1. The van der Waals surface area contributed by atoms with Crippen LogP contribution < -0.4 is 10.2 Å². The van der Waals surface area contributed by atoms with Crippen LogP contribution in [0, 0.1) is 5.41 Å². The molecule has 3 aliphatic rings. The zero-order chi connectivity index (χ0) is 21.5. The van der Waals surface area contributed by atoms with Crippen molar-refractivity contribution in [1.82, 2.24) is 10.2 Å². The molecule has 7 nitrogen and oxygen atoms in total. The molecule has 3 aliphatic heterocycles. The van der Waals surface area contributed by atoms with Gasteiger partial charge in [0.1, 0.15) is 5.60 Å². The van der Waals surface area contributed by atoms with Crippen LogP contribution in [0.15, 0.2) is 24.3 Å². The van der Waals surface area contributed by atoms with Crippen LogP contribution in [0.1, 0.15) is 57.9 Å². The van der Waals surface area contributed by atoms with Gasteiger partial charge in [-0.05, 0) is 57.7 Å². The van der Waals surface area contributed by atoms with Crippen molar-refractivity contribution in [2.24, 2.45) is 5.41 Å². The average Bonchev–Trinajstić information content (AvgIpc) is 2.65. The van der Waals surface area contributed by atoms with E-state index in [1.165, 1.54) is 0 Å². The third-order valence-corrected chi connectivity index (χ3v) is 6.41. The molecule has 3 fully saturated rings. The highest BCUT2D eigenvalue weighted by atomic mass is 16.6. The maximum atomic E-state index is 12.2. The van der Waals surface area contributed by atoms with Gasteiger partial charge in [-0.2, -0.15) is 0 Å². The summed E-state index contributed by atoms with van der Waals surface area (Å²) in [5, 5.41) is 2.45. The molecule has 3 saturated heterocycles. The Morgan fingerprint density at radius 3 is 2.50 bits per heavy atom. The summed E-state index contributed by atoms with van der Waals surface area (Å²) in [5.41, 5.74) is 1.83. The number of piperidine rings is 2. The molecule has 3 amide bonds. The monoisotopic (exact) mass is 413 g/mol. The highest BCUT2D eigenvalue weighted by Crippen LogP contribution is 2.42. The first-order valence-corrected chi connectivity index (χ1v) is 10.8.